The monoisotopic (exact) mass is 369 g/mol. The minimum atomic E-state index is -0.00481. The summed E-state index contributed by atoms with van der Waals surface area (Å²) in [7, 11) is 0. The highest BCUT2D eigenvalue weighted by Gasteiger charge is 2.58. The molecular formula is C24H35NO2. The summed E-state index contributed by atoms with van der Waals surface area (Å²) in [6.45, 7) is 4.80. The van der Waals surface area contributed by atoms with Crippen LogP contribution in [0.15, 0.2) is 16.8 Å². The number of hydrogen-bond donors (Lipinski definition) is 0. The second kappa shape index (κ2) is 6.46. The van der Waals surface area contributed by atoms with Crippen molar-refractivity contribution in [2.45, 2.75) is 97.0 Å². The molecule has 0 aromatic rings. The summed E-state index contributed by atoms with van der Waals surface area (Å²) in [4.78, 5) is 18.4. The topological polar surface area (TPSA) is 38.7 Å². The normalized spacial score (nSPS) is 46.0. The Labute approximate surface area is 164 Å². The molecule has 4 fully saturated rings. The molecular weight excluding hydrogens is 334 g/mol. The highest BCUT2D eigenvalue weighted by molar-refractivity contribution is 5.96. The maximum Gasteiger partial charge on any atom is 0.139 e. The van der Waals surface area contributed by atoms with E-state index in [4.69, 9.17) is 4.84 Å². The lowest BCUT2D eigenvalue weighted by Gasteiger charge is -2.57. The van der Waals surface area contributed by atoms with E-state index in [1.165, 1.54) is 57.1 Å². The molecule has 0 spiro atoms. The number of oxime groups is 1. The molecule has 0 aromatic heterocycles. The van der Waals surface area contributed by atoms with Crippen LogP contribution < -0.4 is 0 Å². The fourth-order valence-electron chi connectivity index (χ4n) is 7.55. The minimum absolute atomic E-state index is 0.00481. The number of fused-ring (bicyclic) bond motifs is 5. The van der Waals surface area contributed by atoms with E-state index in [0.29, 0.717) is 23.2 Å². The van der Waals surface area contributed by atoms with Gasteiger partial charge in [0.25, 0.3) is 0 Å². The van der Waals surface area contributed by atoms with Gasteiger partial charge in [-0.3, -0.25) is 4.79 Å². The largest absolute Gasteiger partial charge is 0.392 e. The van der Waals surface area contributed by atoms with Crippen molar-refractivity contribution < 1.29 is 9.63 Å². The highest BCUT2D eigenvalue weighted by Crippen LogP contribution is 2.64. The van der Waals surface area contributed by atoms with Gasteiger partial charge in [-0.2, -0.15) is 0 Å². The predicted octanol–water partition coefficient (Wildman–Crippen LogP) is 5.83. The first-order valence-electron chi connectivity index (χ1n) is 11.5. The number of hydrogen-bond acceptors (Lipinski definition) is 3. The number of ketones is 1. The first kappa shape index (κ1) is 17.9. The molecule has 5 atom stereocenters. The fourth-order valence-corrected chi connectivity index (χ4v) is 7.55. The van der Waals surface area contributed by atoms with Gasteiger partial charge in [0, 0.05) is 11.8 Å². The summed E-state index contributed by atoms with van der Waals surface area (Å²) < 4.78 is 0. The molecule has 27 heavy (non-hydrogen) atoms. The summed E-state index contributed by atoms with van der Waals surface area (Å²) >= 11 is 0. The molecule has 5 aliphatic carbocycles. The van der Waals surface area contributed by atoms with Crippen LogP contribution in [0.2, 0.25) is 0 Å². The van der Waals surface area contributed by atoms with Crippen LogP contribution >= 0.6 is 0 Å². The Morgan fingerprint density at radius 2 is 1.70 bits per heavy atom. The molecule has 0 amide bonds. The van der Waals surface area contributed by atoms with Gasteiger partial charge >= 0.3 is 0 Å². The predicted molar refractivity (Wildman–Crippen MR) is 107 cm³/mol. The zero-order valence-electron chi connectivity index (χ0n) is 17.1. The molecule has 0 heterocycles. The van der Waals surface area contributed by atoms with Gasteiger partial charge in [-0.15, -0.1) is 0 Å². The van der Waals surface area contributed by atoms with E-state index in [9.17, 15) is 4.79 Å². The van der Waals surface area contributed by atoms with Crippen molar-refractivity contribution in [3.05, 3.63) is 11.6 Å². The van der Waals surface area contributed by atoms with Crippen LogP contribution in [-0.4, -0.2) is 17.6 Å². The standard InChI is InChI=1S/C24H35NO2/c1-23-13-11-17(25-27-18-5-3-4-6-18)15-16(23)7-8-19-20-9-10-22(26)24(20,2)14-12-21(19)23/h15,18-21H,3-14H2,1-2H3/t19?,20?,21?,23-,24-/m0/s1. The Morgan fingerprint density at radius 3 is 2.52 bits per heavy atom. The van der Waals surface area contributed by atoms with E-state index in [2.05, 4.69) is 25.1 Å². The van der Waals surface area contributed by atoms with Gasteiger partial charge in [0.05, 0.1) is 5.71 Å². The van der Waals surface area contributed by atoms with Crippen LogP contribution in [0.4, 0.5) is 0 Å². The molecule has 4 saturated carbocycles. The Balaban J connectivity index is 1.36. The van der Waals surface area contributed by atoms with Crippen LogP contribution in [0.3, 0.4) is 0 Å². The molecule has 0 bridgehead atoms. The number of nitrogens with zero attached hydrogens (tertiary/aromatic N) is 1. The SMILES string of the molecule is C[C@]12CCC(=NOC3CCCC3)C=C1CCC1C2CC[C@]2(C)C(=O)CCC12. The van der Waals surface area contributed by atoms with Crippen LogP contribution in [-0.2, 0) is 9.63 Å². The van der Waals surface area contributed by atoms with Gasteiger partial charge < -0.3 is 4.84 Å². The molecule has 3 heteroatoms. The Morgan fingerprint density at radius 1 is 0.926 bits per heavy atom. The summed E-state index contributed by atoms with van der Waals surface area (Å²) in [5.74, 6) is 2.71. The van der Waals surface area contributed by atoms with E-state index in [0.717, 1.165) is 37.5 Å². The summed E-state index contributed by atoms with van der Waals surface area (Å²) in [6.07, 6.45) is 16.8. The molecule has 148 valence electrons. The van der Waals surface area contributed by atoms with Crippen molar-refractivity contribution in [1.29, 1.82) is 0 Å². The third-order valence-electron chi connectivity index (χ3n) is 9.31. The van der Waals surface area contributed by atoms with Crippen molar-refractivity contribution >= 4 is 11.5 Å². The lowest BCUT2D eigenvalue weighted by atomic mass is 9.47. The lowest BCUT2D eigenvalue weighted by molar-refractivity contribution is -0.132. The molecule has 0 saturated heterocycles. The maximum absolute atomic E-state index is 12.6. The summed E-state index contributed by atoms with van der Waals surface area (Å²) in [5, 5.41) is 4.56. The van der Waals surface area contributed by atoms with Gasteiger partial charge in [-0.05, 0) is 99.9 Å². The van der Waals surface area contributed by atoms with Crippen molar-refractivity contribution in [2.24, 2.45) is 33.7 Å². The maximum atomic E-state index is 12.6. The van der Waals surface area contributed by atoms with Crippen molar-refractivity contribution in [3.8, 4) is 0 Å². The van der Waals surface area contributed by atoms with Crippen LogP contribution in [0.5, 0.6) is 0 Å². The van der Waals surface area contributed by atoms with Gasteiger partial charge in [0.1, 0.15) is 11.9 Å². The number of allylic oxidation sites excluding steroid dienone is 2. The third kappa shape index (κ3) is 2.75. The smallest absolute Gasteiger partial charge is 0.139 e. The van der Waals surface area contributed by atoms with Crippen molar-refractivity contribution in [3.63, 3.8) is 0 Å². The summed E-state index contributed by atoms with van der Waals surface area (Å²) in [6, 6.07) is 0. The number of Topliss-reactive ketones (excluding diaryl/α,β-unsaturated/α-hetero) is 1. The Kier molecular flexibility index (Phi) is 4.29. The average Bonchev–Trinajstić information content (AvgIpc) is 3.28. The molecule has 0 N–H and O–H groups in total. The molecule has 0 aromatic carbocycles. The zero-order chi connectivity index (χ0) is 18.6. The fraction of sp³-hybridized carbons (Fsp3) is 0.833. The number of carbonyl (C=O) groups is 1. The van der Waals surface area contributed by atoms with E-state index in [1.807, 2.05) is 0 Å². The quantitative estimate of drug-likeness (QED) is 0.574. The number of carbonyl (C=O) groups excluding carboxylic acids is 1. The molecule has 0 radical (unpaired) electrons. The first-order chi connectivity index (χ1) is 13.0. The van der Waals surface area contributed by atoms with Crippen LogP contribution in [0.1, 0.15) is 90.9 Å². The zero-order valence-corrected chi connectivity index (χ0v) is 17.1. The molecule has 3 unspecified atom stereocenters. The molecule has 5 rings (SSSR count). The van der Waals surface area contributed by atoms with Crippen LogP contribution in [0, 0.1) is 28.6 Å². The second-order valence-corrected chi connectivity index (χ2v) is 10.5. The number of rotatable bonds is 2. The van der Waals surface area contributed by atoms with E-state index in [-0.39, 0.29) is 5.41 Å². The second-order valence-electron chi connectivity index (χ2n) is 10.5. The van der Waals surface area contributed by atoms with E-state index < -0.39 is 0 Å². The Hall–Kier alpha value is -1.12. The molecule has 3 nitrogen and oxygen atoms in total. The van der Waals surface area contributed by atoms with E-state index >= 15 is 0 Å². The summed E-state index contributed by atoms with van der Waals surface area (Å²) in [5.41, 5.74) is 3.11. The van der Waals surface area contributed by atoms with Crippen molar-refractivity contribution in [2.75, 3.05) is 0 Å². The average molecular weight is 370 g/mol. The molecule has 5 aliphatic rings. The third-order valence-corrected chi connectivity index (χ3v) is 9.31. The first-order valence-corrected chi connectivity index (χ1v) is 11.5. The van der Waals surface area contributed by atoms with Gasteiger partial charge in [-0.1, -0.05) is 24.6 Å². The van der Waals surface area contributed by atoms with Gasteiger partial charge in [-0.25, -0.2) is 0 Å². The Bertz CT molecular complexity index is 688. The van der Waals surface area contributed by atoms with E-state index in [1.54, 1.807) is 5.57 Å². The highest BCUT2D eigenvalue weighted by atomic mass is 16.6. The van der Waals surface area contributed by atoms with Gasteiger partial charge in [0.2, 0.25) is 0 Å². The van der Waals surface area contributed by atoms with Crippen LogP contribution in [0.25, 0.3) is 0 Å². The molecule has 0 aliphatic heterocycles. The van der Waals surface area contributed by atoms with Gasteiger partial charge in [0.15, 0.2) is 0 Å². The van der Waals surface area contributed by atoms with Crippen molar-refractivity contribution in [1.82, 2.24) is 0 Å². The lowest BCUT2D eigenvalue weighted by Crippen LogP contribution is -2.50. The minimum Gasteiger partial charge on any atom is -0.392 e.